The van der Waals surface area contributed by atoms with Gasteiger partial charge in [0.05, 0.1) is 0 Å². The monoisotopic (exact) mass is 430 g/mol. The number of aromatic nitrogens is 4. The van der Waals surface area contributed by atoms with Crippen molar-refractivity contribution in [3.63, 3.8) is 0 Å². The highest BCUT2D eigenvalue weighted by molar-refractivity contribution is 6.30. The van der Waals surface area contributed by atoms with Gasteiger partial charge in [0.1, 0.15) is 12.1 Å². The molecule has 0 unspecified atom stereocenters. The number of H-pyrrole nitrogens is 1. The van der Waals surface area contributed by atoms with Gasteiger partial charge in [0.2, 0.25) is 11.7 Å². The minimum atomic E-state index is -1.01. The molecule has 1 aromatic heterocycles. The highest BCUT2D eigenvalue weighted by atomic mass is 35.5. The minimum Gasteiger partial charge on any atom is -0.383 e. The molecule has 2 amide bonds. The number of benzene rings is 1. The van der Waals surface area contributed by atoms with Gasteiger partial charge in [0.15, 0.2) is 0 Å². The van der Waals surface area contributed by atoms with Gasteiger partial charge < -0.3 is 15.3 Å². The zero-order valence-corrected chi connectivity index (χ0v) is 17.0. The standard InChI is InChI=1S/C20H23ClN6O3/c21-13-3-4-14(18-23-25-26-24-18)12(6-13)9-22-19(29)16-8-11-7-15(11)27(16)20(30)17(28)5-10-1-2-10/h3-4,6,10-11,15-17,28H,1-2,5,7-9H2,(H,22,29)(H,23,24,25,26)/t11-,15-,16-,17+/m0/s1. The summed E-state index contributed by atoms with van der Waals surface area (Å²) in [6, 6.07) is 4.81. The number of amides is 2. The molecule has 30 heavy (non-hydrogen) atoms. The number of likely N-dealkylation sites (tertiary alicyclic amines) is 1. The van der Waals surface area contributed by atoms with Gasteiger partial charge in [-0.3, -0.25) is 9.59 Å². The summed E-state index contributed by atoms with van der Waals surface area (Å²) in [5.41, 5.74) is 1.47. The van der Waals surface area contributed by atoms with E-state index < -0.39 is 12.1 Å². The fraction of sp³-hybridized carbons (Fsp3) is 0.550. The fourth-order valence-electron chi connectivity index (χ4n) is 4.45. The number of nitrogens with zero attached hydrogens (tertiary/aromatic N) is 4. The largest absolute Gasteiger partial charge is 0.383 e. The van der Waals surface area contributed by atoms with Crippen molar-refractivity contribution in [1.82, 2.24) is 30.8 Å². The Balaban J connectivity index is 1.27. The van der Waals surface area contributed by atoms with Crippen molar-refractivity contribution >= 4 is 23.4 Å². The molecule has 2 heterocycles. The van der Waals surface area contributed by atoms with Crippen LogP contribution in [-0.2, 0) is 16.1 Å². The van der Waals surface area contributed by atoms with Crippen LogP contribution in [0.15, 0.2) is 18.2 Å². The predicted octanol–water partition coefficient (Wildman–Crippen LogP) is 1.29. The third-order valence-corrected chi connectivity index (χ3v) is 6.54. The Bertz CT molecular complexity index is 963. The van der Waals surface area contributed by atoms with E-state index in [4.69, 9.17) is 11.6 Å². The van der Waals surface area contributed by atoms with Crippen molar-refractivity contribution in [3.05, 3.63) is 28.8 Å². The second kappa shape index (κ2) is 7.63. The summed E-state index contributed by atoms with van der Waals surface area (Å²) < 4.78 is 0. The SMILES string of the molecule is O=C(NCc1cc(Cl)ccc1-c1nn[nH]n1)[C@@H]1C[C@@H]2C[C@@H]2N1C(=O)[C@H](O)CC1CC1. The number of carbonyl (C=O) groups excluding carboxylic acids is 2. The number of aliphatic hydroxyl groups excluding tert-OH is 1. The van der Waals surface area contributed by atoms with Crippen LogP contribution in [0.1, 0.15) is 37.7 Å². The van der Waals surface area contributed by atoms with E-state index in [-0.39, 0.29) is 24.4 Å². The van der Waals surface area contributed by atoms with Gasteiger partial charge in [-0.25, -0.2) is 0 Å². The number of nitrogens with one attached hydrogen (secondary N) is 2. The second-order valence-electron chi connectivity index (χ2n) is 8.51. The summed E-state index contributed by atoms with van der Waals surface area (Å²) >= 11 is 6.13. The lowest BCUT2D eigenvalue weighted by Crippen LogP contribution is -2.51. The number of hydrogen-bond acceptors (Lipinski definition) is 6. The lowest BCUT2D eigenvalue weighted by atomic mass is 10.1. The maximum absolute atomic E-state index is 13.0. The lowest BCUT2D eigenvalue weighted by molar-refractivity contribution is -0.147. The van der Waals surface area contributed by atoms with Crippen LogP contribution < -0.4 is 5.32 Å². The topological polar surface area (TPSA) is 124 Å². The molecule has 2 saturated carbocycles. The van der Waals surface area contributed by atoms with E-state index in [9.17, 15) is 14.7 Å². The molecule has 4 atom stereocenters. The number of aliphatic hydroxyl groups is 1. The molecule has 3 aliphatic rings. The van der Waals surface area contributed by atoms with Crippen molar-refractivity contribution in [1.29, 1.82) is 0 Å². The first-order chi connectivity index (χ1) is 14.5. The van der Waals surface area contributed by atoms with Crippen LogP contribution in [0.4, 0.5) is 0 Å². The lowest BCUT2D eigenvalue weighted by Gasteiger charge is -2.29. The second-order valence-corrected chi connectivity index (χ2v) is 8.95. The van der Waals surface area contributed by atoms with E-state index in [2.05, 4.69) is 25.9 Å². The van der Waals surface area contributed by atoms with Gasteiger partial charge in [-0.05, 0) is 60.1 Å². The first-order valence-corrected chi connectivity index (χ1v) is 10.7. The number of rotatable bonds is 7. The quantitative estimate of drug-likeness (QED) is 0.608. The normalized spacial score (nSPS) is 25.7. The maximum Gasteiger partial charge on any atom is 0.252 e. The Morgan fingerprint density at radius 3 is 2.90 bits per heavy atom. The number of piperidine rings is 1. The van der Waals surface area contributed by atoms with E-state index in [1.54, 1.807) is 23.1 Å². The summed E-state index contributed by atoms with van der Waals surface area (Å²) in [5, 5.41) is 27.8. The van der Waals surface area contributed by atoms with Gasteiger partial charge in [-0.2, -0.15) is 5.21 Å². The van der Waals surface area contributed by atoms with Crippen molar-refractivity contribution in [2.75, 3.05) is 0 Å². The van der Waals surface area contributed by atoms with E-state index in [0.717, 1.165) is 30.4 Å². The van der Waals surface area contributed by atoms with Crippen LogP contribution in [0.5, 0.6) is 0 Å². The van der Waals surface area contributed by atoms with Crippen LogP contribution in [0.3, 0.4) is 0 Å². The molecule has 5 rings (SSSR count). The molecule has 10 heteroatoms. The smallest absolute Gasteiger partial charge is 0.252 e. The predicted molar refractivity (Wildman–Crippen MR) is 107 cm³/mol. The van der Waals surface area contributed by atoms with Crippen LogP contribution in [-0.4, -0.2) is 60.6 Å². The highest BCUT2D eigenvalue weighted by Crippen LogP contribution is 2.48. The number of aromatic amines is 1. The van der Waals surface area contributed by atoms with Crippen LogP contribution >= 0.6 is 11.6 Å². The zero-order chi connectivity index (χ0) is 20.8. The summed E-state index contributed by atoms with van der Waals surface area (Å²) in [5.74, 6) is 0.702. The van der Waals surface area contributed by atoms with E-state index in [1.807, 2.05) is 0 Å². The number of hydrogen-bond donors (Lipinski definition) is 3. The molecule has 2 aromatic rings. The third kappa shape index (κ3) is 3.79. The highest BCUT2D eigenvalue weighted by Gasteiger charge is 2.56. The third-order valence-electron chi connectivity index (χ3n) is 6.31. The Morgan fingerprint density at radius 1 is 1.33 bits per heavy atom. The Hall–Kier alpha value is -2.52. The first-order valence-electron chi connectivity index (χ1n) is 10.3. The van der Waals surface area contributed by atoms with Crippen molar-refractivity contribution in [2.24, 2.45) is 11.8 Å². The molecule has 2 aliphatic carbocycles. The molecule has 0 bridgehead atoms. The van der Waals surface area contributed by atoms with E-state index in [0.29, 0.717) is 35.5 Å². The van der Waals surface area contributed by atoms with Crippen molar-refractivity contribution in [3.8, 4) is 11.4 Å². The summed E-state index contributed by atoms with van der Waals surface area (Å²) in [7, 11) is 0. The van der Waals surface area contributed by atoms with E-state index >= 15 is 0 Å². The number of tetrazole rings is 1. The molecule has 158 valence electrons. The molecular weight excluding hydrogens is 408 g/mol. The molecule has 1 aliphatic heterocycles. The number of halogens is 1. The average Bonchev–Trinajstić information content (AvgIpc) is 3.61. The average molecular weight is 431 g/mol. The van der Waals surface area contributed by atoms with Gasteiger partial charge in [0.25, 0.3) is 5.91 Å². The molecule has 9 nitrogen and oxygen atoms in total. The zero-order valence-electron chi connectivity index (χ0n) is 16.3. The molecule has 0 spiro atoms. The van der Waals surface area contributed by atoms with Gasteiger partial charge >= 0.3 is 0 Å². The van der Waals surface area contributed by atoms with Crippen molar-refractivity contribution in [2.45, 2.75) is 56.8 Å². The van der Waals surface area contributed by atoms with Crippen LogP contribution in [0.25, 0.3) is 11.4 Å². The van der Waals surface area contributed by atoms with E-state index in [1.165, 1.54) is 0 Å². The molecule has 3 fully saturated rings. The Morgan fingerprint density at radius 2 is 2.17 bits per heavy atom. The number of carbonyl (C=O) groups is 2. The molecule has 1 aromatic carbocycles. The Kier molecular flexibility index (Phi) is 4.94. The summed E-state index contributed by atoms with van der Waals surface area (Å²) in [4.78, 5) is 27.4. The fourth-order valence-corrected chi connectivity index (χ4v) is 4.65. The van der Waals surface area contributed by atoms with Gasteiger partial charge in [-0.15, -0.1) is 10.2 Å². The summed E-state index contributed by atoms with van der Waals surface area (Å²) in [6.07, 6.45) is 3.20. The Labute approximate surface area is 178 Å². The summed E-state index contributed by atoms with van der Waals surface area (Å²) in [6.45, 7) is 0.224. The van der Waals surface area contributed by atoms with Crippen LogP contribution in [0.2, 0.25) is 5.02 Å². The molecule has 1 saturated heterocycles. The molecular formula is C20H23ClN6O3. The maximum atomic E-state index is 13.0. The van der Waals surface area contributed by atoms with Gasteiger partial charge in [-0.1, -0.05) is 24.4 Å². The van der Waals surface area contributed by atoms with Crippen LogP contribution in [0, 0.1) is 11.8 Å². The first kappa shape index (κ1) is 19.4. The van der Waals surface area contributed by atoms with Crippen molar-refractivity contribution < 1.29 is 14.7 Å². The van der Waals surface area contributed by atoms with Gasteiger partial charge in [0, 0.05) is 23.2 Å². The minimum absolute atomic E-state index is 0.0863. The number of fused-ring (bicyclic) bond motifs is 1. The molecule has 3 N–H and O–H groups in total. The molecule has 0 radical (unpaired) electrons.